The fourth-order valence-corrected chi connectivity index (χ4v) is 5.10. The molecule has 0 amide bonds. The predicted molar refractivity (Wildman–Crippen MR) is 170 cm³/mol. The molecule has 3 aromatic carbocycles. The first-order valence-electron chi connectivity index (χ1n) is 14.7. The molecule has 5 rings (SSSR count). The summed E-state index contributed by atoms with van der Waals surface area (Å²) in [6, 6.07) is 17.2. The van der Waals surface area contributed by atoms with Gasteiger partial charge in [-0.15, -0.1) is 0 Å². The fourth-order valence-electron chi connectivity index (χ4n) is 5.10. The number of nitrogens with zero attached hydrogens (tertiary/aromatic N) is 3. The smallest absolute Gasteiger partial charge is 0.330 e. The van der Waals surface area contributed by atoms with Gasteiger partial charge in [0.1, 0.15) is 18.8 Å². The van der Waals surface area contributed by atoms with Crippen molar-refractivity contribution < 1.29 is 28.5 Å². The van der Waals surface area contributed by atoms with E-state index in [2.05, 4.69) is 20.2 Å². The van der Waals surface area contributed by atoms with Crippen molar-refractivity contribution in [2.75, 3.05) is 52.9 Å². The Balaban J connectivity index is 1.45. The van der Waals surface area contributed by atoms with E-state index in [0.717, 1.165) is 37.0 Å². The maximum absolute atomic E-state index is 12.0. The molecular weight excluding hydrogens is 560 g/mol. The number of hydrogen-bond acceptors (Lipinski definition) is 10. The molecular formula is C34H38N4O6. The summed E-state index contributed by atoms with van der Waals surface area (Å²) in [7, 11) is 4.52. The molecule has 2 heterocycles. The van der Waals surface area contributed by atoms with Gasteiger partial charge < -0.3 is 33.9 Å². The predicted octanol–water partition coefficient (Wildman–Crippen LogP) is 6.02. The summed E-state index contributed by atoms with van der Waals surface area (Å²) in [4.78, 5) is 23.4. The number of hydrogen-bond donors (Lipinski definition) is 1. The quantitative estimate of drug-likeness (QED) is 0.105. The Hall–Kier alpha value is -4.83. The number of aromatic nitrogens is 2. The van der Waals surface area contributed by atoms with Crippen molar-refractivity contribution >= 4 is 34.5 Å². The number of rotatable bonds is 14. The first kappa shape index (κ1) is 30.6. The van der Waals surface area contributed by atoms with E-state index in [1.807, 2.05) is 48.5 Å². The van der Waals surface area contributed by atoms with Crippen molar-refractivity contribution in [1.29, 1.82) is 0 Å². The summed E-state index contributed by atoms with van der Waals surface area (Å²) < 4.78 is 28.4. The van der Waals surface area contributed by atoms with Crippen LogP contribution in [0.3, 0.4) is 0 Å². The average molecular weight is 599 g/mol. The van der Waals surface area contributed by atoms with E-state index in [1.165, 1.54) is 32.4 Å². The number of esters is 1. The van der Waals surface area contributed by atoms with Crippen molar-refractivity contribution in [2.45, 2.75) is 25.9 Å². The Bertz CT molecular complexity index is 1590. The van der Waals surface area contributed by atoms with Gasteiger partial charge in [0, 0.05) is 35.7 Å². The lowest BCUT2D eigenvalue weighted by molar-refractivity contribution is -0.134. The van der Waals surface area contributed by atoms with Crippen molar-refractivity contribution in [3.8, 4) is 23.0 Å². The van der Waals surface area contributed by atoms with E-state index in [9.17, 15) is 4.79 Å². The molecule has 1 aliphatic heterocycles. The molecule has 10 heteroatoms. The summed E-state index contributed by atoms with van der Waals surface area (Å²) in [6.07, 6.45) is 7.95. The molecule has 0 spiro atoms. The van der Waals surface area contributed by atoms with Crippen molar-refractivity contribution in [2.24, 2.45) is 0 Å². The molecule has 0 aliphatic carbocycles. The Labute approximate surface area is 257 Å². The van der Waals surface area contributed by atoms with Gasteiger partial charge in [0.2, 0.25) is 0 Å². The van der Waals surface area contributed by atoms with Crippen LogP contribution in [0.4, 0.5) is 11.5 Å². The highest BCUT2D eigenvalue weighted by atomic mass is 16.5. The number of anilines is 2. The molecule has 1 aromatic heterocycles. The average Bonchev–Trinajstić information content (AvgIpc) is 3.59. The summed E-state index contributed by atoms with van der Waals surface area (Å²) in [5.41, 5.74) is 3.00. The number of benzene rings is 3. The summed E-state index contributed by atoms with van der Waals surface area (Å²) >= 11 is 0. The molecule has 1 saturated heterocycles. The van der Waals surface area contributed by atoms with Crippen LogP contribution < -0.4 is 24.3 Å². The first-order valence-corrected chi connectivity index (χ1v) is 14.7. The number of fused-ring (bicyclic) bond motifs is 1. The Morgan fingerprint density at radius 1 is 0.909 bits per heavy atom. The van der Waals surface area contributed by atoms with Crippen molar-refractivity contribution in [3.05, 3.63) is 78.1 Å². The largest absolute Gasteiger partial charge is 0.493 e. The second-order valence-electron chi connectivity index (χ2n) is 10.3. The molecule has 0 atom stereocenters. The number of ether oxygens (including phenoxy) is 5. The van der Waals surface area contributed by atoms with Crippen LogP contribution in [0.25, 0.3) is 17.0 Å². The third-order valence-corrected chi connectivity index (χ3v) is 7.42. The van der Waals surface area contributed by atoms with Crippen LogP contribution in [0.5, 0.6) is 23.0 Å². The van der Waals surface area contributed by atoms with Gasteiger partial charge in [0.25, 0.3) is 0 Å². The maximum atomic E-state index is 12.0. The lowest BCUT2D eigenvalue weighted by Gasteiger charge is -2.18. The van der Waals surface area contributed by atoms with Crippen LogP contribution in [0.2, 0.25) is 0 Å². The van der Waals surface area contributed by atoms with E-state index in [0.29, 0.717) is 58.8 Å². The van der Waals surface area contributed by atoms with Crippen molar-refractivity contribution in [3.63, 3.8) is 0 Å². The Morgan fingerprint density at radius 3 is 2.41 bits per heavy atom. The standard InChI is InChI=1S/C34H38N4O6/c1-40-29-18-25(12-13-33(39)42-3)27(20-32(29)44-22-24-10-5-4-6-11-24)37-34-26-19-31(30(41-2)21-28(26)35-23-36-34)43-17-9-16-38-14-7-8-15-38/h4-6,10-13,18-21,23H,7-9,14-17,22H2,1-3H3,(H,35,36,37)/b13-12+. The zero-order valence-corrected chi connectivity index (χ0v) is 25.4. The lowest BCUT2D eigenvalue weighted by atomic mass is 10.1. The van der Waals surface area contributed by atoms with E-state index in [1.54, 1.807) is 26.4 Å². The maximum Gasteiger partial charge on any atom is 0.330 e. The summed E-state index contributed by atoms with van der Waals surface area (Å²) in [5.74, 6) is 2.32. The number of carbonyl (C=O) groups excluding carboxylic acids is 1. The van der Waals surface area contributed by atoms with Crippen LogP contribution in [-0.2, 0) is 16.1 Å². The van der Waals surface area contributed by atoms with Crippen LogP contribution in [0, 0.1) is 0 Å². The lowest BCUT2D eigenvalue weighted by Crippen LogP contribution is -2.21. The second kappa shape index (κ2) is 15.1. The highest BCUT2D eigenvalue weighted by Crippen LogP contribution is 2.39. The monoisotopic (exact) mass is 598 g/mol. The first-order chi connectivity index (χ1) is 21.6. The minimum atomic E-state index is -0.481. The highest BCUT2D eigenvalue weighted by molar-refractivity contribution is 5.95. The molecule has 230 valence electrons. The molecule has 1 N–H and O–H groups in total. The van der Waals surface area contributed by atoms with Crippen LogP contribution in [0.1, 0.15) is 30.4 Å². The van der Waals surface area contributed by atoms with Crippen molar-refractivity contribution in [1.82, 2.24) is 14.9 Å². The zero-order chi connectivity index (χ0) is 30.7. The molecule has 0 saturated carbocycles. The minimum absolute atomic E-state index is 0.350. The molecule has 4 aromatic rings. The van der Waals surface area contributed by atoms with Gasteiger partial charge in [-0.3, -0.25) is 0 Å². The Kier molecular flexibility index (Phi) is 10.5. The fraction of sp³-hybridized carbons (Fsp3) is 0.324. The third kappa shape index (κ3) is 7.76. The van der Waals surface area contributed by atoms with Gasteiger partial charge in [-0.25, -0.2) is 14.8 Å². The van der Waals surface area contributed by atoms with Crippen LogP contribution in [0.15, 0.2) is 67.0 Å². The SMILES string of the molecule is COC(=O)/C=C/c1cc(OC)c(OCc2ccccc2)cc1Nc1ncnc2cc(OC)c(OCCCN3CCCC3)cc12. The van der Waals surface area contributed by atoms with Gasteiger partial charge in [-0.2, -0.15) is 0 Å². The third-order valence-electron chi connectivity index (χ3n) is 7.42. The molecule has 0 radical (unpaired) electrons. The van der Waals surface area contributed by atoms with Gasteiger partial charge in [-0.05, 0) is 56.1 Å². The van der Waals surface area contributed by atoms with Gasteiger partial charge in [0.15, 0.2) is 23.0 Å². The highest BCUT2D eigenvalue weighted by Gasteiger charge is 2.16. The van der Waals surface area contributed by atoms with E-state index < -0.39 is 5.97 Å². The van der Waals surface area contributed by atoms with E-state index in [4.69, 9.17) is 23.7 Å². The number of carbonyl (C=O) groups is 1. The molecule has 44 heavy (non-hydrogen) atoms. The van der Waals surface area contributed by atoms with Gasteiger partial charge >= 0.3 is 5.97 Å². The van der Waals surface area contributed by atoms with E-state index >= 15 is 0 Å². The molecule has 1 aliphatic rings. The topological polar surface area (TPSA) is 104 Å². The Morgan fingerprint density at radius 2 is 1.66 bits per heavy atom. The number of methoxy groups -OCH3 is 3. The van der Waals surface area contributed by atoms with E-state index in [-0.39, 0.29) is 0 Å². The molecule has 0 bridgehead atoms. The normalized spacial score (nSPS) is 13.2. The van der Waals surface area contributed by atoms with Gasteiger partial charge in [-0.1, -0.05) is 30.3 Å². The van der Waals surface area contributed by atoms with Crippen LogP contribution in [-0.4, -0.2) is 68.4 Å². The van der Waals surface area contributed by atoms with Crippen LogP contribution >= 0.6 is 0 Å². The molecule has 10 nitrogen and oxygen atoms in total. The number of nitrogens with one attached hydrogen (secondary N) is 1. The molecule has 1 fully saturated rings. The second-order valence-corrected chi connectivity index (χ2v) is 10.3. The van der Waals surface area contributed by atoms with Gasteiger partial charge in [0.05, 0.1) is 39.1 Å². The summed E-state index contributed by atoms with van der Waals surface area (Å²) in [5, 5.41) is 4.17. The number of likely N-dealkylation sites (tertiary alicyclic amines) is 1. The minimum Gasteiger partial charge on any atom is -0.493 e. The molecule has 0 unspecified atom stereocenters. The zero-order valence-electron chi connectivity index (χ0n) is 25.4. The summed E-state index contributed by atoms with van der Waals surface area (Å²) in [6.45, 7) is 4.25.